The van der Waals surface area contributed by atoms with Crippen LogP contribution in [0.25, 0.3) is 0 Å². The molecule has 0 aliphatic carbocycles. The van der Waals surface area contributed by atoms with Gasteiger partial charge in [-0.3, -0.25) is 14.5 Å². The molecule has 0 unspecified atom stereocenters. The highest BCUT2D eigenvalue weighted by Crippen LogP contribution is 2.22. The van der Waals surface area contributed by atoms with Gasteiger partial charge in [-0.05, 0) is 63.4 Å². The van der Waals surface area contributed by atoms with Crippen LogP contribution in [0, 0.1) is 11.7 Å². The second-order valence-electron chi connectivity index (χ2n) is 6.99. The molecular weight excluding hydrogens is 321 g/mol. The van der Waals surface area contributed by atoms with Crippen molar-refractivity contribution in [2.45, 2.75) is 32.1 Å². The van der Waals surface area contributed by atoms with Gasteiger partial charge in [-0.15, -0.1) is 0 Å². The fourth-order valence-electron chi connectivity index (χ4n) is 3.68. The van der Waals surface area contributed by atoms with Crippen LogP contribution in [0.1, 0.15) is 32.1 Å². The summed E-state index contributed by atoms with van der Waals surface area (Å²) >= 11 is 0. The number of benzene rings is 1. The topological polar surface area (TPSA) is 52.7 Å². The fourth-order valence-corrected chi connectivity index (χ4v) is 3.68. The molecule has 1 N–H and O–H groups in total. The predicted octanol–water partition coefficient (Wildman–Crippen LogP) is 2.49. The molecular formula is C19H26FN3O2. The lowest BCUT2D eigenvalue weighted by atomic mass is 9.94. The number of nitrogens with one attached hydrogen (secondary N) is 1. The van der Waals surface area contributed by atoms with E-state index < -0.39 is 0 Å². The van der Waals surface area contributed by atoms with Crippen LogP contribution in [-0.2, 0) is 9.59 Å². The summed E-state index contributed by atoms with van der Waals surface area (Å²) in [5.41, 5.74) is 0.472. The molecule has 0 bridgehead atoms. The Bertz CT molecular complexity index is 608. The zero-order chi connectivity index (χ0) is 17.6. The van der Waals surface area contributed by atoms with Gasteiger partial charge in [0.05, 0.1) is 6.54 Å². The van der Waals surface area contributed by atoms with Gasteiger partial charge >= 0.3 is 0 Å². The summed E-state index contributed by atoms with van der Waals surface area (Å²) in [5, 5.41) is 2.72. The first kappa shape index (κ1) is 17.9. The second-order valence-corrected chi connectivity index (χ2v) is 6.99. The number of anilines is 1. The van der Waals surface area contributed by atoms with Crippen molar-refractivity contribution in [3.63, 3.8) is 0 Å². The SMILES string of the molecule is O=C(CN1CCC(C(=O)N2CCCCC2)CC1)Nc1cccc(F)c1. The predicted molar refractivity (Wildman–Crippen MR) is 94.6 cm³/mol. The van der Waals surface area contributed by atoms with E-state index in [1.807, 2.05) is 4.90 Å². The summed E-state index contributed by atoms with van der Waals surface area (Å²) in [5.74, 6) is -0.120. The molecule has 25 heavy (non-hydrogen) atoms. The lowest BCUT2D eigenvalue weighted by molar-refractivity contribution is -0.138. The quantitative estimate of drug-likeness (QED) is 0.910. The normalized spacial score (nSPS) is 19.6. The van der Waals surface area contributed by atoms with Crippen LogP contribution >= 0.6 is 0 Å². The highest BCUT2D eigenvalue weighted by molar-refractivity contribution is 5.92. The van der Waals surface area contributed by atoms with Crippen molar-refractivity contribution >= 4 is 17.5 Å². The van der Waals surface area contributed by atoms with E-state index in [1.165, 1.54) is 18.6 Å². The molecule has 0 aromatic heterocycles. The van der Waals surface area contributed by atoms with Gasteiger partial charge < -0.3 is 10.2 Å². The molecule has 2 saturated heterocycles. The van der Waals surface area contributed by atoms with E-state index in [1.54, 1.807) is 12.1 Å². The third-order valence-corrected chi connectivity index (χ3v) is 5.08. The number of hydrogen-bond donors (Lipinski definition) is 1. The summed E-state index contributed by atoms with van der Waals surface area (Å²) < 4.78 is 13.2. The van der Waals surface area contributed by atoms with Crippen molar-refractivity contribution in [3.05, 3.63) is 30.1 Å². The van der Waals surface area contributed by atoms with E-state index in [4.69, 9.17) is 0 Å². The van der Waals surface area contributed by atoms with Gasteiger partial charge in [0.25, 0.3) is 0 Å². The number of carbonyl (C=O) groups excluding carboxylic acids is 2. The molecule has 1 aromatic carbocycles. The molecule has 0 atom stereocenters. The molecule has 2 heterocycles. The minimum atomic E-state index is -0.366. The van der Waals surface area contributed by atoms with Crippen molar-refractivity contribution in [1.29, 1.82) is 0 Å². The number of likely N-dealkylation sites (tertiary alicyclic amines) is 2. The largest absolute Gasteiger partial charge is 0.342 e. The third kappa shape index (κ3) is 5.01. The van der Waals surface area contributed by atoms with E-state index in [0.29, 0.717) is 11.6 Å². The average molecular weight is 347 g/mol. The molecule has 0 saturated carbocycles. The minimum Gasteiger partial charge on any atom is -0.342 e. The zero-order valence-electron chi connectivity index (χ0n) is 14.5. The van der Waals surface area contributed by atoms with Crippen LogP contribution in [0.5, 0.6) is 0 Å². The van der Waals surface area contributed by atoms with Crippen LogP contribution in [0.4, 0.5) is 10.1 Å². The Kier molecular flexibility index (Phi) is 6.02. The molecule has 5 nitrogen and oxygen atoms in total. The van der Waals surface area contributed by atoms with E-state index >= 15 is 0 Å². The number of halogens is 1. The number of nitrogens with zero attached hydrogens (tertiary/aromatic N) is 2. The second kappa shape index (κ2) is 8.43. The third-order valence-electron chi connectivity index (χ3n) is 5.08. The van der Waals surface area contributed by atoms with Crippen LogP contribution in [0.3, 0.4) is 0 Å². The molecule has 6 heteroatoms. The van der Waals surface area contributed by atoms with Gasteiger partial charge in [0.15, 0.2) is 0 Å². The van der Waals surface area contributed by atoms with Crippen molar-refractivity contribution in [3.8, 4) is 0 Å². The number of amides is 2. The molecule has 2 amide bonds. The van der Waals surface area contributed by atoms with Gasteiger partial charge in [-0.25, -0.2) is 4.39 Å². The van der Waals surface area contributed by atoms with E-state index in [9.17, 15) is 14.0 Å². The van der Waals surface area contributed by atoms with Gasteiger partial charge in [-0.2, -0.15) is 0 Å². The Morgan fingerprint density at radius 1 is 1.08 bits per heavy atom. The van der Waals surface area contributed by atoms with Crippen LogP contribution in [0.2, 0.25) is 0 Å². The molecule has 0 radical (unpaired) electrons. The number of piperidine rings is 2. The van der Waals surface area contributed by atoms with E-state index in [-0.39, 0.29) is 24.2 Å². The fraction of sp³-hybridized carbons (Fsp3) is 0.579. The van der Waals surface area contributed by atoms with Gasteiger partial charge in [0, 0.05) is 24.7 Å². The summed E-state index contributed by atoms with van der Waals surface area (Å²) in [6.07, 6.45) is 5.07. The standard InChI is InChI=1S/C19H26FN3O2/c20-16-5-4-6-17(13-16)21-18(24)14-22-11-7-15(8-12-22)19(25)23-9-2-1-3-10-23/h4-6,13,15H,1-3,7-12,14H2,(H,21,24). The maximum atomic E-state index is 13.2. The molecule has 3 rings (SSSR count). The van der Waals surface area contributed by atoms with E-state index in [2.05, 4.69) is 10.2 Å². The molecule has 136 valence electrons. The van der Waals surface area contributed by atoms with E-state index in [0.717, 1.165) is 51.9 Å². The smallest absolute Gasteiger partial charge is 0.238 e. The zero-order valence-corrected chi connectivity index (χ0v) is 14.5. The first-order chi connectivity index (χ1) is 12.1. The van der Waals surface area contributed by atoms with Crippen molar-refractivity contribution in [1.82, 2.24) is 9.80 Å². The van der Waals surface area contributed by atoms with Gasteiger partial charge in [-0.1, -0.05) is 6.07 Å². The molecule has 0 spiro atoms. The Morgan fingerprint density at radius 3 is 2.48 bits per heavy atom. The summed E-state index contributed by atoms with van der Waals surface area (Å²) in [6.45, 7) is 3.58. The average Bonchev–Trinajstić information content (AvgIpc) is 2.62. The highest BCUT2D eigenvalue weighted by Gasteiger charge is 2.29. The van der Waals surface area contributed by atoms with Crippen LogP contribution < -0.4 is 5.32 Å². The Morgan fingerprint density at radius 2 is 1.80 bits per heavy atom. The Labute approximate surface area is 148 Å². The first-order valence-corrected chi connectivity index (χ1v) is 9.18. The monoisotopic (exact) mass is 347 g/mol. The maximum absolute atomic E-state index is 13.2. The molecule has 1 aromatic rings. The summed E-state index contributed by atoms with van der Waals surface area (Å²) in [6, 6.07) is 5.90. The number of carbonyl (C=O) groups is 2. The Balaban J connectivity index is 1.42. The van der Waals surface area contributed by atoms with Crippen molar-refractivity contribution in [2.75, 3.05) is 38.0 Å². The highest BCUT2D eigenvalue weighted by atomic mass is 19.1. The molecule has 2 fully saturated rings. The maximum Gasteiger partial charge on any atom is 0.238 e. The Hall–Kier alpha value is -1.95. The lowest BCUT2D eigenvalue weighted by Crippen LogP contribution is -2.45. The summed E-state index contributed by atoms with van der Waals surface area (Å²) in [7, 11) is 0. The molecule has 2 aliphatic rings. The van der Waals surface area contributed by atoms with Crippen LogP contribution in [0.15, 0.2) is 24.3 Å². The van der Waals surface area contributed by atoms with Crippen molar-refractivity contribution < 1.29 is 14.0 Å². The summed E-state index contributed by atoms with van der Waals surface area (Å²) in [4.78, 5) is 28.7. The minimum absolute atomic E-state index is 0.0978. The lowest BCUT2D eigenvalue weighted by Gasteiger charge is -2.35. The van der Waals surface area contributed by atoms with Crippen LogP contribution in [-0.4, -0.2) is 54.3 Å². The van der Waals surface area contributed by atoms with Crippen molar-refractivity contribution in [2.24, 2.45) is 5.92 Å². The molecule has 2 aliphatic heterocycles. The van der Waals surface area contributed by atoms with Gasteiger partial charge in [0.2, 0.25) is 11.8 Å². The first-order valence-electron chi connectivity index (χ1n) is 9.18. The number of hydrogen-bond acceptors (Lipinski definition) is 3. The van der Waals surface area contributed by atoms with Gasteiger partial charge in [0.1, 0.15) is 5.82 Å². The number of rotatable bonds is 4.